The number of thioether (sulfide) groups is 1. The Morgan fingerprint density at radius 1 is 1.27 bits per heavy atom. The summed E-state index contributed by atoms with van der Waals surface area (Å²) in [5, 5.41) is 8.18. The summed E-state index contributed by atoms with van der Waals surface area (Å²) in [6.07, 6.45) is 9.56. The van der Waals surface area contributed by atoms with E-state index in [1.807, 2.05) is 31.2 Å². The van der Waals surface area contributed by atoms with Crippen LogP contribution in [0.4, 0.5) is 0 Å². The molecule has 1 aromatic carbocycles. The molecule has 5 nitrogen and oxygen atoms in total. The van der Waals surface area contributed by atoms with Crippen molar-refractivity contribution in [3.05, 3.63) is 40.7 Å². The number of aromatic nitrogens is 1. The van der Waals surface area contributed by atoms with E-state index in [1.54, 1.807) is 0 Å². The van der Waals surface area contributed by atoms with E-state index in [0.29, 0.717) is 10.9 Å². The molecule has 1 saturated carbocycles. The Morgan fingerprint density at radius 3 is 2.94 bits per heavy atom. The zero-order valence-electron chi connectivity index (χ0n) is 19.6. The Balaban J connectivity index is 1.28. The minimum absolute atomic E-state index is 0.0166. The topological polar surface area (TPSA) is 67.2 Å². The monoisotopic (exact) mass is 489 g/mol. The number of piperidine rings is 1. The van der Waals surface area contributed by atoms with Crippen molar-refractivity contribution in [2.24, 2.45) is 11.8 Å². The molecule has 2 heterocycles. The summed E-state index contributed by atoms with van der Waals surface area (Å²) < 4.78 is 5.94. The fraction of sp³-hybridized carbons (Fsp3) is 0.615. The van der Waals surface area contributed by atoms with Crippen molar-refractivity contribution in [2.75, 3.05) is 25.4 Å². The van der Waals surface area contributed by atoms with Gasteiger partial charge >= 0.3 is 0 Å². The quantitative estimate of drug-likeness (QED) is 0.446. The third-order valence-electron chi connectivity index (χ3n) is 6.89. The van der Waals surface area contributed by atoms with Crippen molar-refractivity contribution in [1.29, 1.82) is 0 Å². The first-order valence-electron chi connectivity index (χ1n) is 12.4. The lowest BCUT2D eigenvalue weighted by Crippen LogP contribution is -2.45. The van der Waals surface area contributed by atoms with E-state index in [9.17, 15) is 4.79 Å². The third kappa shape index (κ3) is 7.00. The van der Waals surface area contributed by atoms with Crippen molar-refractivity contribution in [3.8, 4) is 11.5 Å². The van der Waals surface area contributed by atoms with Gasteiger partial charge in [0.1, 0.15) is 5.76 Å². The van der Waals surface area contributed by atoms with Crippen LogP contribution in [0.5, 0.6) is 0 Å². The van der Waals surface area contributed by atoms with Gasteiger partial charge in [-0.15, -0.1) is 0 Å². The molecule has 0 bridgehead atoms. The molecule has 2 aliphatic rings. The average molecular weight is 490 g/mol. The summed E-state index contributed by atoms with van der Waals surface area (Å²) >= 11 is 8.23. The first kappa shape index (κ1) is 24.6. The molecule has 2 aromatic rings. The number of carbonyl (C=O) groups is 1. The maximum Gasteiger partial charge on any atom is 0.226 e. The molecule has 1 saturated heterocycles. The number of hydrogen-bond donors (Lipinski definition) is 2. The Hall–Kier alpha value is -1.50. The number of benzene rings is 1. The number of halogens is 1. The van der Waals surface area contributed by atoms with E-state index in [0.717, 1.165) is 66.9 Å². The van der Waals surface area contributed by atoms with Gasteiger partial charge in [0.05, 0.1) is 5.69 Å². The second-order valence-corrected chi connectivity index (χ2v) is 11.2. The standard InChI is InChI=1S/C26H36ClN3O2S/c1-18-24(30-26(32-18)19-7-5-8-21(27)15-19)16-20-17-28-13-11-23(20)25(31)29-12-6-14-33-22-9-3-2-4-10-22/h5,7-8,15,20,22-23,28H,2-4,6,9-14,16-17H2,1H3,(H,29,31). The molecular weight excluding hydrogens is 454 g/mol. The number of nitrogens with one attached hydrogen (secondary N) is 2. The maximum atomic E-state index is 13.0. The zero-order chi connectivity index (χ0) is 23.0. The average Bonchev–Trinajstić information content (AvgIpc) is 3.20. The fourth-order valence-corrected chi connectivity index (χ4v) is 6.49. The molecule has 1 aliphatic heterocycles. The van der Waals surface area contributed by atoms with Crippen molar-refractivity contribution in [1.82, 2.24) is 15.6 Å². The smallest absolute Gasteiger partial charge is 0.226 e. The summed E-state index contributed by atoms with van der Waals surface area (Å²) in [6, 6.07) is 7.55. The Bertz CT molecular complexity index is 913. The lowest BCUT2D eigenvalue weighted by molar-refractivity contribution is -0.127. The van der Waals surface area contributed by atoms with Crippen LogP contribution >= 0.6 is 23.4 Å². The van der Waals surface area contributed by atoms with E-state index >= 15 is 0 Å². The second-order valence-electron chi connectivity index (χ2n) is 9.37. The van der Waals surface area contributed by atoms with Gasteiger partial charge in [-0.1, -0.05) is 36.9 Å². The van der Waals surface area contributed by atoms with Crippen molar-refractivity contribution in [2.45, 2.75) is 63.5 Å². The summed E-state index contributed by atoms with van der Waals surface area (Å²) in [5.41, 5.74) is 1.80. The van der Waals surface area contributed by atoms with Crippen molar-refractivity contribution < 1.29 is 9.21 Å². The minimum atomic E-state index is 0.0166. The van der Waals surface area contributed by atoms with Gasteiger partial charge in [-0.2, -0.15) is 11.8 Å². The van der Waals surface area contributed by atoms with Crippen LogP contribution in [0, 0.1) is 18.8 Å². The number of hydrogen-bond acceptors (Lipinski definition) is 5. The van der Waals surface area contributed by atoms with Crippen LogP contribution in [0.25, 0.3) is 11.5 Å². The molecule has 2 atom stereocenters. The molecule has 1 aromatic heterocycles. The van der Waals surface area contributed by atoms with Gasteiger partial charge in [-0.05, 0) is 82.0 Å². The second kappa shape index (κ2) is 12.3. The molecule has 1 amide bonds. The van der Waals surface area contributed by atoms with E-state index in [2.05, 4.69) is 22.4 Å². The van der Waals surface area contributed by atoms with Crippen LogP contribution in [0.15, 0.2) is 28.7 Å². The SMILES string of the molecule is Cc1oc(-c2cccc(Cl)c2)nc1CC1CNCCC1C(=O)NCCCSC1CCCCC1. The first-order valence-corrected chi connectivity index (χ1v) is 13.8. The molecule has 7 heteroatoms. The van der Waals surface area contributed by atoms with Crippen LogP contribution in [0.1, 0.15) is 56.4 Å². The molecule has 2 unspecified atom stereocenters. The van der Waals surface area contributed by atoms with E-state index in [1.165, 1.54) is 32.1 Å². The first-order chi connectivity index (χ1) is 16.1. The lowest BCUT2D eigenvalue weighted by Gasteiger charge is -2.31. The van der Waals surface area contributed by atoms with E-state index in [4.69, 9.17) is 21.0 Å². The predicted molar refractivity (Wildman–Crippen MR) is 137 cm³/mol. The van der Waals surface area contributed by atoms with Crippen LogP contribution in [0.3, 0.4) is 0 Å². The van der Waals surface area contributed by atoms with E-state index in [-0.39, 0.29) is 17.7 Å². The van der Waals surface area contributed by atoms with E-state index < -0.39 is 0 Å². The number of oxazole rings is 1. The highest BCUT2D eigenvalue weighted by molar-refractivity contribution is 7.99. The Kier molecular flexibility index (Phi) is 9.16. The molecule has 0 radical (unpaired) electrons. The molecule has 2 N–H and O–H groups in total. The fourth-order valence-electron chi connectivity index (χ4n) is 4.99. The van der Waals surface area contributed by atoms with Gasteiger partial charge in [-0.25, -0.2) is 4.98 Å². The van der Waals surface area contributed by atoms with Gasteiger partial charge in [0.25, 0.3) is 0 Å². The largest absolute Gasteiger partial charge is 0.441 e. The maximum absolute atomic E-state index is 13.0. The molecule has 33 heavy (non-hydrogen) atoms. The summed E-state index contributed by atoms with van der Waals surface area (Å²) in [4.78, 5) is 17.8. The number of carbonyl (C=O) groups excluding carboxylic acids is 1. The normalized spacial score (nSPS) is 21.8. The van der Waals surface area contributed by atoms with Crippen LogP contribution < -0.4 is 10.6 Å². The highest BCUT2D eigenvalue weighted by Gasteiger charge is 2.32. The molecule has 180 valence electrons. The minimum Gasteiger partial charge on any atom is -0.441 e. The Morgan fingerprint density at radius 2 is 2.12 bits per heavy atom. The van der Waals surface area contributed by atoms with Crippen molar-refractivity contribution >= 4 is 29.3 Å². The van der Waals surface area contributed by atoms with Crippen LogP contribution in [-0.4, -0.2) is 41.5 Å². The molecule has 4 rings (SSSR count). The van der Waals surface area contributed by atoms with Gasteiger partial charge < -0.3 is 15.1 Å². The summed E-state index contributed by atoms with van der Waals surface area (Å²) in [6.45, 7) is 4.44. The number of aryl methyl sites for hydroxylation is 1. The highest BCUT2D eigenvalue weighted by Crippen LogP contribution is 2.30. The Labute approximate surface area is 206 Å². The highest BCUT2D eigenvalue weighted by atomic mass is 35.5. The molecule has 0 spiro atoms. The summed E-state index contributed by atoms with van der Waals surface area (Å²) in [5.74, 6) is 2.97. The lowest BCUT2D eigenvalue weighted by atomic mass is 9.82. The van der Waals surface area contributed by atoms with Gasteiger partial charge in [0.2, 0.25) is 11.8 Å². The number of amides is 1. The summed E-state index contributed by atoms with van der Waals surface area (Å²) in [7, 11) is 0. The van der Waals surface area contributed by atoms with Crippen molar-refractivity contribution in [3.63, 3.8) is 0 Å². The zero-order valence-corrected chi connectivity index (χ0v) is 21.1. The van der Waals surface area contributed by atoms with Gasteiger partial charge in [0.15, 0.2) is 0 Å². The molecule has 2 fully saturated rings. The van der Waals surface area contributed by atoms with Gasteiger partial charge in [0, 0.05) is 28.3 Å². The van der Waals surface area contributed by atoms with Crippen LogP contribution in [-0.2, 0) is 11.2 Å². The number of rotatable bonds is 9. The van der Waals surface area contributed by atoms with Crippen LogP contribution in [0.2, 0.25) is 5.02 Å². The predicted octanol–water partition coefficient (Wildman–Crippen LogP) is 5.64. The third-order valence-corrected chi connectivity index (χ3v) is 8.59. The number of nitrogens with zero attached hydrogens (tertiary/aromatic N) is 1. The van der Waals surface area contributed by atoms with Gasteiger partial charge in [-0.3, -0.25) is 4.79 Å². The molecule has 1 aliphatic carbocycles. The molecular formula is C26H36ClN3O2S.